The summed E-state index contributed by atoms with van der Waals surface area (Å²) in [6.45, 7) is 0.937. The maximum Gasteiger partial charge on any atom is 0.0963 e. The number of hydrogen-bond acceptors (Lipinski definition) is 3. The summed E-state index contributed by atoms with van der Waals surface area (Å²) in [5.41, 5.74) is 1.45. The monoisotopic (exact) mass is 237 g/mol. The third-order valence-electron chi connectivity index (χ3n) is 3.84. The van der Waals surface area contributed by atoms with E-state index in [-0.39, 0.29) is 6.10 Å². The molecule has 1 aromatic heterocycles. The van der Waals surface area contributed by atoms with Crippen molar-refractivity contribution in [3.05, 3.63) is 21.9 Å². The minimum Gasteiger partial charge on any atom is -0.368 e. The van der Waals surface area contributed by atoms with E-state index in [0.29, 0.717) is 12.0 Å². The highest BCUT2D eigenvalue weighted by Crippen LogP contribution is 2.46. The molecular weight excluding hydrogens is 218 g/mol. The van der Waals surface area contributed by atoms with Crippen LogP contribution in [0.25, 0.3) is 0 Å². The van der Waals surface area contributed by atoms with Crippen molar-refractivity contribution in [3.63, 3.8) is 0 Å². The minimum absolute atomic E-state index is 0.283. The molecule has 0 spiro atoms. The summed E-state index contributed by atoms with van der Waals surface area (Å²) in [6, 6.07) is 2.26. The highest BCUT2D eigenvalue weighted by atomic mass is 32.1. The second-order valence-electron chi connectivity index (χ2n) is 4.85. The van der Waals surface area contributed by atoms with E-state index in [9.17, 15) is 0 Å². The molecule has 2 aliphatic rings. The fourth-order valence-electron chi connectivity index (χ4n) is 3.09. The van der Waals surface area contributed by atoms with E-state index in [1.165, 1.54) is 31.2 Å². The van der Waals surface area contributed by atoms with Crippen molar-refractivity contribution in [2.45, 2.75) is 43.8 Å². The molecule has 0 aromatic carbocycles. The molecule has 3 heteroatoms. The van der Waals surface area contributed by atoms with Crippen LogP contribution in [0.2, 0.25) is 0 Å². The van der Waals surface area contributed by atoms with Crippen LogP contribution in [0.4, 0.5) is 0 Å². The van der Waals surface area contributed by atoms with Crippen LogP contribution < -0.4 is 5.32 Å². The van der Waals surface area contributed by atoms with Gasteiger partial charge in [-0.25, -0.2) is 0 Å². The molecule has 88 valence electrons. The van der Waals surface area contributed by atoms with Gasteiger partial charge in [0, 0.05) is 17.3 Å². The zero-order valence-electron chi connectivity index (χ0n) is 9.74. The summed E-state index contributed by atoms with van der Waals surface area (Å²) in [4.78, 5) is 1.61. The Balaban J connectivity index is 1.92. The summed E-state index contributed by atoms with van der Waals surface area (Å²) in [5.74, 6) is 0.692. The van der Waals surface area contributed by atoms with Gasteiger partial charge in [0.2, 0.25) is 0 Å². The van der Waals surface area contributed by atoms with Crippen molar-refractivity contribution in [1.29, 1.82) is 0 Å². The molecule has 16 heavy (non-hydrogen) atoms. The van der Waals surface area contributed by atoms with Crippen LogP contribution in [0.5, 0.6) is 0 Å². The second kappa shape index (κ2) is 4.47. The zero-order chi connectivity index (χ0) is 11.0. The van der Waals surface area contributed by atoms with E-state index in [1.54, 1.807) is 4.88 Å². The Morgan fingerprint density at radius 1 is 1.44 bits per heavy atom. The van der Waals surface area contributed by atoms with Crippen LogP contribution in [0.1, 0.15) is 48.1 Å². The molecule has 1 aromatic rings. The van der Waals surface area contributed by atoms with Crippen molar-refractivity contribution in [2.24, 2.45) is 0 Å². The highest BCUT2D eigenvalue weighted by molar-refractivity contribution is 7.10. The average Bonchev–Trinajstić information content (AvgIpc) is 2.79. The maximum absolute atomic E-state index is 6.26. The summed E-state index contributed by atoms with van der Waals surface area (Å²) in [7, 11) is 2.00. The van der Waals surface area contributed by atoms with Crippen molar-refractivity contribution in [3.8, 4) is 0 Å². The van der Waals surface area contributed by atoms with Crippen LogP contribution in [0.15, 0.2) is 11.4 Å². The van der Waals surface area contributed by atoms with E-state index >= 15 is 0 Å². The van der Waals surface area contributed by atoms with Crippen LogP contribution >= 0.6 is 11.3 Å². The lowest BCUT2D eigenvalue weighted by atomic mass is 9.81. The van der Waals surface area contributed by atoms with Gasteiger partial charge in [-0.15, -0.1) is 11.3 Å². The second-order valence-corrected chi connectivity index (χ2v) is 5.80. The van der Waals surface area contributed by atoms with E-state index in [1.807, 2.05) is 18.4 Å². The third-order valence-corrected chi connectivity index (χ3v) is 4.91. The summed E-state index contributed by atoms with van der Waals surface area (Å²) in [6.07, 6.45) is 6.06. The number of thiophene rings is 1. The number of rotatable bonds is 2. The number of likely N-dealkylation sites (N-methyl/N-ethyl adjacent to an activating group) is 1. The Morgan fingerprint density at radius 3 is 3.19 bits per heavy atom. The standard InChI is InChI=1S/C13H19NOS/c1-14-8-12-10-6-7-16-13(10)9-4-2-3-5-11(9)15-12/h6-7,9,11-12,14H,2-5,8H2,1H3/t9-,11-,12+/m1/s1. The molecule has 0 unspecified atom stereocenters. The zero-order valence-corrected chi connectivity index (χ0v) is 10.6. The van der Waals surface area contributed by atoms with Gasteiger partial charge in [0.25, 0.3) is 0 Å². The summed E-state index contributed by atoms with van der Waals surface area (Å²) >= 11 is 1.93. The molecule has 1 aliphatic heterocycles. The molecule has 2 nitrogen and oxygen atoms in total. The molecule has 3 atom stereocenters. The van der Waals surface area contributed by atoms with Crippen LogP contribution in [0, 0.1) is 0 Å². The van der Waals surface area contributed by atoms with Gasteiger partial charge in [0.15, 0.2) is 0 Å². The van der Waals surface area contributed by atoms with Gasteiger partial charge in [-0.2, -0.15) is 0 Å². The van der Waals surface area contributed by atoms with Crippen molar-refractivity contribution >= 4 is 11.3 Å². The number of hydrogen-bond donors (Lipinski definition) is 1. The van der Waals surface area contributed by atoms with Crippen LogP contribution in [-0.2, 0) is 4.74 Å². The average molecular weight is 237 g/mol. The predicted octanol–water partition coefficient (Wildman–Crippen LogP) is 3.07. The number of ether oxygens (including phenoxy) is 1. The highest BCUT2D eigenvalue weighted by Gasteiger charge is 2.37. The smallest absolute Gasteiger partial charge is 0.0963 e. The van der Waals surface area contributed by atoms with E-state index < -0.39 is 0 Å². The minimum atomic E-state index is 0.283. The first-order valence-corrected chi connectivity index (χ1v) is 7.15. The molecule has 0 saturated heterocycles. The van der Waals surface area contributed by atoms with Crippen LogP contribution in [-0.4, -0.2) is 19.7 Å². The molecule has 0 bridgehead atoms. The molecule has 1 saturated carbocycles. The molecule has 0 amide bonds. The molecule has 0 radical (unpaired) electrons. The van der Waals surface area contributed by atoms with Crippen LogP contribution in [0.3, 0.4) is 0 Å². The van der Waals surface area contributed by atoms with Gasteiger partial charge in [-0.05, 0) is 36.9 Å². The topological polar surface area (TPSA) is 21.3 Å². The Kier molecular flexibility index (Phi) is 3.01. The lowest BCUT2D eigenvalue weighted by Crippen LogP contribution is -2.35. The van der Waals surface area contributed by atoms with Gasteiger partial charge in [-0.1, -0.05) is 12.8 Å². The largest absolute Gasteiger partial charge is 0.368 e. The van der Waals surface area contributed by atoms with Gasteiger partial charge in [0.05, 0.1) is 12.2 Å². The first-order valence-electron chi connectivity index (χ1n) is 6.27. The first-order chi connectivity index (χ1) is 7.90. The van der Waals surface area contributed by atoms with Gasteiger partial charge >= 0.3 is 0 Å². The van der Waals surface area contributed by atoms with Gasteiger partial charge in [-0.3, -0.25) is 0 Å². The Labute approximate surface area is 101 Å². The predicted molar refractivity (Wildman–Crippen MR) is 67.1 cm³/mol. The Bertz CT molecular complexity index is 363. The van der Waals surface area contributed by atoms with E-state index in [2.05, 4.69) is 16.8 Å². The van der Waals surface area contributed by atoms with E-state index in [4.69, 9.17) is 4.74 Å². The summed E-state index contributed by atoms with van der Waals surface area (Å²) in [5, 5.41) is 5.47. The normalized spacial score (nSPS) is 33.2. The van der Waals surface area contributed by atoms with E-state index in [0.717, 1.165) is 6.54 Å². The molecule has 1 N–H and O–H groups in total. The number of fused-ring (bicyclic) bond motifs is 3. The molecule has 1 fully saturated rings. The molecule has 1 aliphatic carbocycles. The van der Waals surface area contributed by atoms with Crippen molar-refractivity contribution in [2.75, 3.05) is 13.6 Å². The number of nitrogens with one attached hydrogen (secondary N) is 1. The maximum atomic E-state index is 6.26. The quantitative estimate of drug-likeness (QED) is 0.853. The van der Waals surface area contributed by atoms with Crippen molar-refractivity contribution in [1.82, 2.24) is 5.32 Å². The van der Waals surface area contributed by atoms with Gasteiger partial charge < -0.3 is 10.1 Å². The first kappa shape index (κ1) is 10.8. The molecular formula is C13H19NOS. The Morgan fingerprint density at radius 2 is 2.31 bits per heavy atom. The SMILES string of the molecule is CNC[C@@H]1O[C@@H]2CCCC[C@H]2c2sccc21. The summed E-state index contributed by atoms with van der Waals surface area (Å²) < 4.78 is 6.26. The molecule has 2 heterocycles. The lowest BCUT2D eigenvalue weighted by molar-refractivity contribution is -0.0541. The third kappa shape index (κ3) is 1.71. The molecule has 3 rings (SSSR count). The fourth-order valence-corrected chi connectivity index (χ4v) is 4.23. The van der Waals surface area contributed by atoms with Gasteiger partial charge in [0.1, 0.15) is 0 Å². The Hall–Kier alpha value is -0.380. The van der Waals surface area contributed by atoms with Crippen molar-refractivity contribution < 1.29 is 4.74 Å². The lowest BCUT2D eigenvalue weighted by Gasteiger charge is -2.39. The fraction of sp³-hybridized carbons (Fsp3) is 0.692.